The summed E-state index contributed by atoms with van der Waals surface area (Å²) in [5.41, 5.74) is 1.57. The first-order chi connectivity index (χ1) is 12.4. The molecule has 144 valence electrons. The number of sulfonamides is 1. The van der Waals surface area contributed by atoms with Gasteiger partial charge in [-0.1, -0.05) is 26.0 Å². The number of Topliss-reactive ketones (excluding diaryl/α,β-unsaturated/α-hetero) is 1. The van der Waals surface area contributed by atoms with E-state index in [0.717, 1.165) is 17.7 Å². The monoisotopic (exact) mass is 393 g/mol. The van der Waals surface area contributed by atoms with Crippen LogP contribution in [0.3, 0.4) is 0 Å². The Morgan fingerprint density at radius 1 is 1.11 bits per heavy atom. The van der Waals surface area contributed by atoms with Crippen molar-refractivity contribution >= 4 is 15.8 Å². The summed E-state index contributed by atoms with van der Waals surface area (Å²) in [7, 11) is -3.77. The van der Waals surface area contributed by atoms with Gasteiger partial charge in [0.25, 0.3) is 0 Å². The number of primary sulfonamides is 1. The summed E-state index contributed by atoms with van der Waals surface area (Å²) in [5, 5.41) is 5.11. The summed E-state index contributed by atoms with van der Waals surface area (Å²) in [6.07, 6.45) is 0.0306. The van der Waals surface area contributed by atoms with E-state index in [1.807, 2.05) is 13.8 Å². The summed E-state index contributed by atoms with van der Waals surface area (Å²) >= 11 is 0. The second-order valence-electron chi connectivity index (χ2n) is 7.73. The van der Waals surface area contributed by atoms with E-state index in [4.69, 9.17) is 5.14 Å². The lowest BCUT2D eigenvalue weighted by Crippen LogP contribution is -2.12. The lowest BCUT2D eigenvalue weighted by molar-refractivity contribution is -0.120. The van der Waals surface area contributed by atoms with E-state index in [1.165, 1.54) is 12.1 Å². The van der Waals surface area contributed by atoms with Gasteiger partial charge in [-0.15, -0.1) is 0 Å². The van der Waals surface area contributed by atoms with Crippen molar-refractivity contribution in [2.75, 3.05) is 0 Å². The first-order valence-corrected chi connectivity index (χ1v) is 10.1. The molecule has 0 aliphatic heterocycles. The molecule has 0 radical (unpaired) electrons. The van der Waals surface area contributed by atoms with Crippen molar-refractivity contribution in [3.05, 3.63) is 64.7 Å². The molecule has 7 heteroatoms. The highest BCUT2D eigenvalue weighted by molar-refractivity contribution is 7.89. The molecule has 1 aliphatic rings. The highest BCUT2D eigenvalue weighted by Gasteiger charge is 2.61. The number of aryl methyl sites for hydroxylation is 1. The number of hydrogen-bond acceptors (Lipinski definition) is 3. The van der Waals surface area contributed by atoms with Gasteiger partial charge in [0.1, 0.15) is 5.78 Å². The minimum absolute atomic E-state index is 0.0185. The summed E-state index contributed by atoms with van der Waals surface area (Å²) in [6, 6.07) is 8.37. The van der Waals surface area contributed by atoms with E-state index in [9.17, 15) is 22.0 Å². The van der Waals surface area contributed by atoms with Crippen LogP contribution in [0.4, 0.5) is 8.78 Å². The third-order valence-corrected chi connectivity index (χ3v) is 6.41. The molecule has 0 unspecified atom stereocenters. The number of carbonyl (C=O) groups is 1. The average Bonchev–Trinajstić information content (AvgIpc) is 3.14. The molecule has 1 saturated carbocycles. The second kappa shape index (κ2) is 6.49. The predicted molar refractivity (Wildman–Crippen MR) is 97.6 cm³/mol. The van der Waals surface area contributed by atoms with Gasteiger partial charge in [-0.2, -0.15) is 0 Å². The summed E-state index contributed by atoms with van der Waals surface area (Å²) < 4.78 is 49.6. The minimum atomic E-state index is -3.77. The van der Waals surface area contributed by atoms with Gasteiger partial charge in [0.2, 0.25) is 10.0 Å². The lowest BCUT2D eigenvalue weighted by Gasteiger charge is -2.07. The number of halogens is 2. The molecule has 1 aliphatic carbocycles. The van der Waals surface area contributed by atoms with Crippen molar-refractivity contribution in [3.63, 3.8) is 0 Å². The number of ketones is 1. The molecule has 0 aromatic heterocycles. The molecule has 0 amide bonds. The van der Waals surface area contributed by atoms with E-state index in [2.05, 4.69) is 0 Å². The first-order valence-electron chi connectivity index (χ1n) is 8.53. The Labute approximate surface area is 157 Å². The summed E-state index contributed by atoms with van der Waals surface area (Å²) in [6.45, 7) is 5.57. The molecular weight excluding hydrogens is 372 g/mol. The SMILES string of the molecule is Cc1cc(F)c(F)cc1CC(=O)[C@H]1[C@H](c2ccc(S(N)(=O)=O)cc2)C1(C)C. The Morgan fingerprint density at radius 3 is 2.22 bits per heavy atom. The van der Waals surface area contributed by atoms with Gasteiger partial charge in [-0.3, -0.25) is 4.79 Å². The van der Waals surface area contributed by atoms with Gasteiger partial charge in [0.05, 0.1) is 4.90 Å². The van der Waals surface area contributed by atoms with Crippen molar-refractivity contribution in [2.45, 2.75) is 38.0 Å². The maximum atomic E-state index is 13.5. The fourth-order valence-corrected chi connectivity index (χ4v) is 4.42. The molecule has 3 rings (SSSR count). The first kappa shape index (κ1) is 19.6. The zero-order valence-corrected chi connectivity index (χ0v) is 16.1. The third kappa shape index (κ3) is 3.66. The van der Waals surface area contributed by atoms with Gasteiger partial charge < -0.3 is 0 Å². The summed E-state index contributed by atoms with van der Waals surface area (Å²) in [5.74, 6) is -2.28. The van der Waals surface area contributed by atoms with Crippen LogP contribution in [0, 0.1) is 29.9 Å². The molecule has 27 heavy (non-hydrogen) atoms. The van der Waals surface area contributed by atoms with Crippen molar-refractivity contribution in [1.29, 1.82) is 0 Å². The number of carbonyl (C=O) groups excluding carboxylic acids is 1. The Morgan fingerprint density at radius 2 is 1.67 bits per heavy atom. The number of nitrogens with two attached hydrogens (primary N) is 1. The third-order valence-electron chi connectivity index (χ3n) is 5.49. The van der Waals surface area contributed by atoms with Crippen LogP contribution in [0.1, 0.15) is 36.5 Å². The average molecular weight is 393 g/mol. The standard InChI is InChI=1S/C20H21F2NO3S/c1-11-8-15(21)16(22)9-13(11)10-17(24)19-18(20(19,2)3)12-4-6-14(7-5-12)27(23,25)26/h4-9,18-19H,10H2,1-3H3,(H2,23,25,26)/t18-,19-/m0/s1. The quantitative estimate of drug-likeness (QED) is 0.845. The van der Waals surface area contributed by atoms with Gasteiger partial charge in [-0.25, -0.2) is 22.3 Å². The number of benzene rings is 2. The van der Waals surface area contributed by atoms with Crippen LogP contribution in [-0.2, 0) is 21.2 Å². The van der Waals surface area contributed by atoms with Crippen molar-refractivity contribution in [2.24, 2.45) is 16.5 Å². The van der Waals surface area contributed by atoms with Crippen LogP contribution in [0.25, 0.3) is 0 Å². The Bertz CT molecular complexity index is 1010. The number of hydrogen-bond donors (Lipinski definition) is 1. The molecule has 2 N–H and O–H groups in total. The molecule has 2 aromatic carbocycles. The zero-order chi connectivity index (χ0) is 20.1. The predicted octanol–water partition coefficient (Wildman–Crippen LogP) is 3.47. The summed E-state index contributed by atoms with van der Waals surface area (Å²) in [4.78, 5) is 12.8. The van der Waals surface area contributed by atoms with Crippen molar-refractivity contribution in [3.8, 4) is 0 Å². The van der Waals surface area contributed by atoms with Gasteiger partial charge in [-0.05, 0) is 59.2 Å². The van der Waals surface area contributed by atoms with Crippen LogP contribution >= 0.6 is 0 Å². The van der Waals surface area contributed by atoms with E-state index in [-0.39, 0.29) is 34.4 Å². The Balaban J connectivity index is 1.81. The number of rotatable bonds is 5. The van der Waals surface area contributed by atoms with Gasteiger partial charge in [0, 0.05) is 12.3 Å². The van der Waals surface area contributed by atoms with Crippen molar-refractivity contribution in [1.82, 2.24) is 0 Å². The Hall–Kier alpha value is -2.12. The zero-order valence-electron chi connectivity index (χ0n) is 15.3. The lowest BCUT2D eigenvalue weighted by atomic mass is 9.98. The molecule has 4 nitrogen and oxygen atoms in total. The second-order valence-corrected chi connectivity index (χ2v) is 9.29. The molecule has 0 saturated heterocycles. The van der Waals surface area contributed by atoms with Crippen LogP contribution in [0.5, 0.6) is 0 Å². The van der Waals surface area contributed by atoms with E-state index in [1.54, 1.807) is 19.1 Å². The van der Waals surface area contributed by atoms with Gasteiger partial charge >= 0.3 is 0 Å². The molecule has 0 bridgehead atoms. The van der Waals surface area contributed by atoms with Crippen LogP contribution < -0.4 is 5.14 Å². The fraction of sp³-hybridized carbons (Fsp3) is 0.350. The maximum Gasteiger partial charge on any atom is 0.238 e. The smallest absolute Gasteiger partial charge is 0.238 e. The van der Waals surface area contributed by atoms with Gasteiger partial charge in [0.15, 0.2) is 11.6 Å². The van der Waals surface area contributed by atoms with E-state index in [0.29, 0.717) is 11.1 Å². The molecule has 0 spiro atoms. The molecule has 2 atom stereocenters. The minimum Gasteiger partial charge on any atom is -0.299 e. The molecular formula is C20H21F2NO3S. The van der Waals surface area contributed by atoms with E-state index >= 15 is 0 Å². The molecule has 0 heterocycles. The van der Waals surface area contributed by atoms with Crippen LogP contribution in [-0.4, -0.2) is 14.2 Å². The largest absolute Gasteiger partial charge is 0.299 e. The normalized spacial score (nSPS) is 21.1. The fourth-order valence-electron chi connectivity index (χ4n) is 3.90. The molecule has 1 fully saturated rings. The molecule has 2 aromatic rings. The van der Waals surface area contributed by atoms with Crippen LogP contribution in [0.2, 0.25) is 0 Å². The van der Waals surface area contributed by atoms with Crippen molar-refractivity contribution < 1.29 is 22.0 Å². The topological polar surface area (TPSA) is 77.2 Å². The highest BCUT2D eigenvalue weighted by atomic mass is 32.2. The Kier molecular flexibility index (Phi) is 4.72. The van der Waals surface area contributed by atoms with E-state index < -0.39 is 21.7 Å². The maximum absolute atomic E-state index is 13.5. The van der Waals surface area contributed by atoms with Crippen LogP contribution in [0.15, 0.2) is 41.3 Å². The highest BCUT2D eigenvalue weighted by Crippen LogP contribution is 2.65.